The number of nitrogens with one attached hydrogen (secondary N) is 1. The van der Waals surface area contributed by atoms with Crippen molar-refractivity contribution < 1.29 is 18.0 Å². The first-order chi connectivity index (χ1) is 6.32. The average Bonchev–Trinajstić information content (AvgIpc) is 2.82. The Hall–Kier alpha value is -0.260. The molecule has 1 atom stereocenters. The molecule has 0 aliphatic heterocycles. The van der Waals surface area contributed by atoms with Gasteiger partial charge >= 0.3 is 6.18 Å². The Morgan fingerprint density at radius 3 is 2.36 bits per heavy atom. The lowest BCUT2D eigenvalue weighted by Crippen LogP contribution is -2.50. The summed E-state index contributed by atoms with van der Waals surface area (Å²) in [6.07, 6.45) is -3.87. The molecule has 0 spiro atoms. The van der Waals surface area contributed by atoms with Gasteiger partial charge in [0, 0.05) is 0 Å². The smallest absolute Gasteiger partial charge is 0.341 e. The van der Waals surface area contributed by atoms with Gasteiger partial charge in [-0.1, -0.05) is 22.9 Å². The third-order valence-electron chi connectivity index (χ3n) is 2.30. The van der Waals surface area contributed by atoms with Crippen LogP contribution in [0.5, 0.6) is 0 Å². The van der Waals surface area contributed by atoms with Gasteiger partial charge in [-0.05, 0) is 19.3 Å². The average molecular weight is 274 g/mol. The second-order valence-electron chi connectivity index (χ2n) is 3.44. The summed E-state index contributed by atoms with van der Waals surface area (Å²) < 4.78 is 37.2. The Labute approximate surface area is 88.4 Å². The van der Waals surface area contributed by atoms with Crippen molar-refractivity contribution >= 4 is 21.8 Å². The normalized spacial score (nSPS) is 21.5. The highest BCUT2D eigenvalue weighted by molar-refractivity contribution is 9.10. The van der Waals surface area contributed by atoms with Crippen LogP contribution in [-0.4, -0.2) is 22.4 Å². The van der Waals surface area contributed by atoms with Crippen molar-refractivity contribution in [2.75, 3.05) is 0 Å². The van der Waals surface area contributed by atoms with E-state index in [0.29, 0.717) is 6.42 Å². The van der Waals surface area contributed by atoms with Crippen LogP contribution in [0.4, 0.5) is 13.2 Å². The Morgan fingerprint density at radius 2 is 2.07 bits per heavy atom. The zero-order chi connectivity index (χ0) is 11.0. The molecule has 0 radical (unpaired) electrons. The largest absolute Gasteiger partial charge is 0.411 e. The van der Waals surface area contributed by atoms with Crippen LogP contribution in [0.2, 0.25) is 0 Å². The fourth-order valence-corrected chi connectivity index (χ4v) is 1.22. The summed E-state index contributed by atoms with van der Waals surface area (Å²) in [4.78, 5) is 10.7. The van der Waals surface area contributed by atoms with E-state index < -0.39 is 22.4 Å². The van der Waals surface area contributed by atoms with Crippen LogP contribution in [0, 0.1) is 0 Å². The number of rotatable bonds is 3. The molecular formula is C8H11BrF3NO. The highest BCUT2D eigenvalue weighted by Crippen LogP contribution is 2.49. The summed E-state index contributed by atoms with van der Waals surface area (Å²) in [6.45, 7) is 1.73. The molecule has 1 aliphatic rings. The van der Waals surface area contributed by atoms with Gasteiger partial charge in [0.2, 0.25) is 5.91 Å². The topological polar surface area (TPSA) is 29.1 Å². The van der Waals surface area contributed by atoms with E-state index in [1.54, 1.807) is 6.92 Å². The predicted octanol–water partition coefficient (Wildman–Crippen LogP) is 2.37. The van der Waals surface area contributed by atoms with E-state index in [1.165, 1.54) is 0 Å². The fraction of sp³-hybridized carbons (Fsp3) is 0.875. The lowest BCUT2D eigenvalue weighted by atomic mass is 10.2. The molecule has 1 amide bonds. The first kappa shape index (κ1) is 11.8. The van der Waals surface area contributed by atoms with Crippen molar-refractivity contribution in [3.05, 3.63) is 0 Å². The molecule has 0 aromatic rings. The minimum Gasteiger partial charge on any atom is -0.341 e. The number of carbonyl (C=O) groups excluding carboxylic acids is 1. The van der Waals surface area contributed by atoms with Gasteiger partial charge in [0.05, 0.1) is 4.83 Å². The van der Waals surface area contributed by atoms with E-state index in [4.69, 9.17) is 0 Å². The molecule has 0 saturated heterocycles. The van der Waals surface area contributed by atoms with Crippen LogP contribution < -0.4 is 5.32 Å². The highest BCUT2D eigenvalue weighted by atomic mass is 79.9. The van der Waals surface area contributed by atoms with E-state index in [9.17, 15) is 18.0 Å². The molecule has 0 bridgehead atoms. The molecule has 14 heavy (non-hydrogen) atoms. The lowest BCUT2D eigenvalue weighted by molar-refractivity contribution is -0.170. The number of amides is 1. The van der Waals surface area contributed by atoms with Gasteiger partial charge in [-0.25, -0.2) is 0 Å². The molecule has 1 N–H and O–H groups in total. The fourth-order valence-electron chi connectivity index (χ4n) is 1.10. The van der Waals surface area contributed by atoms with Gasteiger partial charge in [0.1, 0.15) is 5.54 Å². The van der Waals surface area contributed by atoms with Crippen molar-refractivity contribution in [1.29, 1.82) is 0 Å². The van der Waals surface area contributed by atoms with Gasteiger partial charge in [0.25, 0.3) is 0 Å². The Bertz CT molecular complexity index is 237. The second kappa shape index (κ2) is 3.72. The molecule has 82 valence electrons. The van der Waals surface area contributed by atoms with E-state index in [-0.39, 0.29) is 12.8 Å². The molecular weight excluding hydrogens is 263 g/mol. The third kappa shape index (κ3) is 2.21. The minimum absolute atomic E-state index is 0.00826. The van der Waals surface area contributed by atoms with Gasteiger partial charge in [-0.2, -0.15) is 13.2 Å². The van der Waals surface area contributed by atoms with Crippen LogP contribution in [0.1, 0.15) is 26.2 Å². The van der Waals surface area contributed by atoms with Crippen LogP contribution in [0.25, 0.3) is 0 Å². The van der Waals surface area contributed by atoms with Crippen molar-refractivity contribution in [3.8, 4) is 0 Å². The highest BCUT2D eigenvalue weighted by Gasteiger charge is 2.64. The maximum atomic E-state index is 12.4. The second-order valence-corrected chi connectivity index (χ2v) is 4.55. The van der Waals surface area contributed by atoms with Gasteiger partial charge in [0.15, 0.2) is 0 Å². The molecule has 2 nitrogen and oxygen atoms in total. The SMILES string of the molecule is CCC(Br)C(=O)NC1(C(F)(F)F)CC1. The van der Waals surface area contributed by atoms with Crippen LogP contribution >= 0.6 is 15.9 Å². The molecule has 0 heterocycles. The van der Waals surface area contributed by atoms with E-state index in [1.807, 2.05) is 5.32 Å². The van der Waals surface area contributed by atoms with Crippen molar-refractivity contribution in [2.45, 2.75) is 42.7 Å². The Kier molecular flexibility index (Phi) is 3.13. The quantitative estimate of drug-likeness (QED) is 0.786. The molecule has 0 aromatic carbocycles. The monoisotopic (exact) mass is 273 g/mol. The van der Waals surface area contributed by atoms with Crippen molar-refractivity contribution in [1.82, 2.24) is 5.32 Å². The van der Waals surface area contributed by atoms with Gasteiger partial charge in [-0.15, -0.1) is 0 Å². The number of halogens is 4. The number of hydrogen-bond donors (Lipinski definition) is 1. The molecule has 1 rings (SSSR count). The van der Waals surface area contributed by atoms with Crippen LogP contribution in [0.3, 0.4) is 0 Å². The molecule has 1 saturated carbocycles. The zero-order valence-electron chi connectivity index (χ0n) is 7.62. The number of carbonyl (C=O) groups is 1. The number of alkyl halides is 4. The Balaban J connectivity index is 2.57. The van der Waals surface area contributed by atoms with Crippen LogP contribution in [0.15, 0.2) is 0 Å². The first-order valence-corrected chi connectivity index (χ1v) is 5.27. The number of hydrogen-bond acceptors (Lipinski definition) is 1. The van der Waals surface area contributed by atoms with Crippen molar-refractivity contribution in [3.63, 3.8) is 0 Å². The summed E-state index contributed by atoms with van der Waals surface area (Å²) in [5, 5.41) is 2.05. The minimum atomic E-state index is -4.33. The lowest BCUT2D eigenvalue weighted by Gasteiger charge is -2.21. The van der Waals surface area contributed by atoms with E-state index in [0.717, 1.165) is 0 Å². The summed E-state index contributed by atoms with van der Waals surface area (Å²) in [6, 6.07) is 0. The molecule has 1 unspecified atom stereocenters. The standard InChI is InChI=1S/C8H11BrF3NO/c1-2-5(9)6(14)13-7(3-4-7)8(10,11)12/h5H,2-4H2,1H3,(H,13,14). The molecule has 1 fully saturated rings. The summed E-state index contributed by atoms with van der Waals surface area (Å²) in [5.41, 5.74) is -1.94. The third-order valence-corrected chi connectivity index (χ3v) is 3.36. The predicted molar refractivity (Wildman–Crippen MR) is 49.2 cm³/mol. The Morgan fingerprint density at radius 1 is 1.57 bits per heavy atom. The summed E-state index contributed by atoms with van der Waals surface area (Å²) >= 11 is 3.01. The van der Waals surface area contributed by atoms with Gasteiger partial charge < -0.3 is 5.32 Å². The van der Waals surface area contributed by atoms with Crippen molar-refractivity contribution in [2.24, 2.45) is 0 Å². The zero-order valence-corrected chi connectivity index (χ0v) is 9.20. The molecule has 6 heteroatoms. The maximum absolute atomic E-state index is 12.4. The van der Waals surface area contributed by atoms with Gasteiger partial charge in [-0.3, -0.25) is 4.79 Å². The summed E-state index contributed by atoms with van der Waals surface area (Å²) in [5.74, 6) is -0.581. The maximum Gasteiger partial charge on any atom is 0.411 e. The summed E-state index contributed by atoms with van der Waals surface area (Å²) in [7, 11) is 0. The van der Waals surface area contributed by atoms with Crippen LogP contribution in [-0.2, 0) is 4.79 Å². The first-order valence-electron chi connectivity index (χ1n) is 4.35. The molecule has 0 aromatic heterocycles. The van der Waals surface area contributed by atoms with E-state index in [2.05, 4.69) is 15.9 Å². The van der Waals surface area contributed by atoms with E-state index >= 15 is 0 Å². The molecule has 1 aliphatic carbocycles.